The first-order valence-corrected chi connectivity index (χ1v) is 7.44. The molecule has 120 valence electrons. The number of nitrogens with two attached hydrogens (primary N) is 1. The molecule has 1 rings (SSSR count). The van der Waals surface area contributed by atoms with Crippen LogP contribution in [0.4, 0.5) is 0 Å². The predicted molar refractivity (Wildman–Crippen MR) is 101 cm³/mol. The fourth-order valence-electron chi connectivity index (χ4n) is 1.66. The van der Waals surface area contributed by atoms with Gasteiger partial charge in [-0.1, -0.05) is 23.2 Å². The maximum atomic E-state index is 5.94. The van der Waals surface area contributed by atoms with Crippen LogP contribution in [0.3, 0.4) is 0 Å². The van der Waals surface area contributed by atoms with Gasteiger partial charge in [0.2, 0.25) is 0 Å². The van der Waals surface area contributed by atoms with Gasteiger partial charge in [-0.2, -0.15) is 0 Å². The molecule has 0 fully saturated rings. The van der Waals surface area contributed by atoms with Crippen molar-refractivity contribution in [3.63, 3.8) is 0 Å². The van der Waals surface area contributed by atoms with Crippen LogP contribution in [0.5, 0.6) is 0 Å². The van der Waals surface area contributed by atoms with Crippen molar-refractivity contribution in [3.8, 4) is 0 Å². The zero-order valence-electron chi connectivity index (χ0n) is 12.1. The van der Waals surface area contributed by atoms with E-state index in [2.05, 4.69) is 10.3 Å². The standard InChI is InChI=1S/C14H21Cl2N3O.HI/c1-2-20-7-3-5-18-14(17)19-6-4-11-8-12(15)10-13(16)9-11;/h8-10H,2-7H2,1H3,(H3,17,18,19);1H. The lowest BCUT2D eigenvalue weighted by Gasteiger charge is -2.07. The molecule has 0 heterocycles. The van der Waals surface area contributed by atoms with Crippen molar-refractivity contribution in [3.05, 3.63) is 33.8 Å². The Morgan fingerprint density at radius 1 is 1.29 bits per heavy atom. The number of hydrogen-bond donors (Lipinski definition) is 2. The lowest BCUT2D eigenvalue weighted by Crippen LogP contribution is -2.33. The maximum Gasteiger partial charge on any atom is 0.188 e. The molecule has 1 aromatic rings. The minimum atomic E-state index is 0. The SMILES string of the molecule is CCOCCCN=C(N)NCCc1cc(Cl)cc(Cl)c1.I. The number of hydrogen-bond acceptors (Lipinski definition) is 2. The number of aliphatic imine (C=N–C) groups is 1. The van der Waals surface area contributed by atoms with E-state index in [1.165, 1.54) is 0 Å². The summed E-state index contributed by atoms with van der Waals surface area (Å²) < 4.78 is 5.22. The summed E-state index contributed by atoms with van der Waals surface area (Å²) in [6.45, 7) is 4.79. The zero-order chi connectivity index (χ0) is 14.8. The monoisotopic (exact) mass is 445 g/mol. The Morgan fingerprint density at radius 2 is 1.95 bits per heavy atom. The van der Waals surface area contributed by atoms with E-state index in [0.29, 0.717) is 35.7 Å². The third kappa shape index (κ3) is 10.2. The molecule has 0 unspecified atom stereocenters. The van der Waals surface area contributed by atoms with Crippen molar-refractivity contribution in [1.29, 1.82) is 0 Å². The summed E-state index contributed by atoms with van der Waals surface area (Å²) in [5.41, 5.74) is 6.83. The quantitative estimate of drug-likeness (QED) is 0.278. The summed E-state index contributed by atoms with van der Waals surface area (Å²) >= 11 is 11.9. The summed E-state index contributed by atoms with van der Waals surface area (Å²) in [7, 11) is 0. The lowest BCUT2D eigenvalue weighted by molar-refractivity contribution is 0.146. The van der Waals surface area contributed by atoms with Crippen molar-refractivity contribution in [1.82, 2.24) is 5.32 Å². The van der Waals surface area contributed by atoms with Crippen molar-refractivity contribution < 1.29 is 4.74 Å². The number of rotatable bonds is 8. The second-order valence-corrected chi connectivity index (χ2v) is 5.14. The largest absolute Gasteiger partial charge is 0.382 e. The molecule has 3 N–H and O–H groups in total. The average Bonchev–Trinajstić information content (AvgIpc) is 2.37. The second kappa shape index (κ2) is 12.3. The molecule has 0 saturated carbocycles. The molecule has 0 aliphatic heterocycles. The summed E-state index contributed by atoms with van der Waals surface area (Å²) in [5.74, 6) is 0.453. The molecule has 0 aromatic heterocycles. The first-order valence-electron chi connectivity index (χ1n) is 6.68. The van der Waals surface area contributed by atoms with Gasteiger partial charge in [0, 0.05) is 36.3 Å². The molecule has 0 atom stereocenters. The minimum absolute atomic E-state index is 0. The number of benzene rings is 1. The Bertz CT molecular complexity index is 424. The molecule has 21 heavy (non-hydrogen) atoms. The average molecular weight is 446 g/mol. The third-order valence-corrected chi connectivity index (χ3v) is 3.01. The highest BCUT2D eigenvalue weighted by Gasteiger charge is 1.99. The number of ether oxygens (including phenoxy) is 1. The summed E-state index contributed by atoms with van der Waals surface area (Å²) in [6, 6.07) is 5.50. The van der Waals surface area contributed by atoms with Gasteiger partial charge >= 0.3 is 0 Å². The Kier molecular flexibility index (Phi) is 12.2. The van der Waals surface area contributed by atoms with Crippen LogP contribution in [0.2, 0.25) is 10.0 Å². The molecular formula is C14H22Cl2IN3O. The Morgan fingerprint density at radius 3 is 2.57 bits per heavy atom. The molecule has 0 spiro atoms. The smallest absolute Gasteiger partial charge is 0.188 e. The van der Waals surface area contributed by atoms with Gasteiger partial charge in [-0.05, 0) is 43.5 Å². The van der Waals surface area contributed by atoms with Gasteiger partial charge in [0.05, 0.1) is 0 Å². The van der Waals surface area contributed by atoms with E-state index in [1.54, 1.807) is 6.07 Å². The van der Waals surface area contributed by atoms with Crippen LogP contribution in [-0.4, -0.2) is 32.3 Å². The number of nitrogens with one attached hydrogen (secondary N) is 1. The molecule has 0 aliphatic carbocycles. The van der Waals surface area contributed by atoms with Crippen LogP contribution < -0.4 is 11.1 Å². The topological polar surface area (TPSA) is 59.6 Å². The van der Waals surface area contributed by atoms with Crippen LogP contribution in [0.15, 0.2) is 23.2 Å². The van der Waals surface area contributed by atoms with E-state index in [0.717, 1.165) is 25.0 Å². The van der Waals surface area contributed by atoms with Gasteiger partial charge in [0.25, 0.3) is 0 Å². The van der Waals surface area contributed by atoms with E-state index in [9.17, 15) is 0 Å². The minimum Gasteiger partial charge on any atom is -0.382 e. The molecule has 0 bridgehead atoms. The highest BCUT2D eigenvalue weighted by Crippen LogP contribution is 2.19. The van der Waals surface area contributed by atoms with Crippen LogP contribution in [-0.2, 0) is 11.2 Å². The molecular weight excluding hydrogens is 424 g/mol. The Balaban J connectivity index is 0.00000400. The Hall–Kier alpha value is -0.240. The Labute approximate surface area is 153 Å². The van der Waals surface area contributed by atoms with E-state index < -0.39 is 0 Å². The maximum absolute atomic E-state index is 5.94. The van der Waals surface area contributed by atoms with Gasteiger partial charge < -0.3 is 15.8 Å². The molecule has 7 heteroatoms. The summed E-state index contributed by atoms with van der Waals surface area (Å²) in [6.07, 6.45) is 1.66. The summed E-state index contributed by atoms with van der Waals surface area (Å²) in [4.78, 5) is 4.21. The highest BCUT2D eigenvalue weighted by atomic mass is 127. The highest BCUT2D eigenvalue weighted by molar-refractivity contribution is 14.0. The first kappa shape index (κ1) is 20.8. The molecule has 0 amide bonds. The van der Waals surface area contributed by atoms with Crippen molar-refractivity contribution in [2.75, 3.05) is 26.3 Å². The fourth-order valence-corrected chi connectivity index (χ4v) is 2.23. The molecule has 0 saturated heterocycles. The zero-order valence-corrected chi connectivity index (χ0v) is 15.9. The summed E-state index contributed by atoms with van der Waals surface area (Å²) in [5, 5.41) is 4.35. The predicted octanol–water partition coefficient (Wildman–Crippen LogP) is 3.48. The van der Waals surface area contributed by atoms with Crippen molar-refractivity contribution in [2.45, 2.75) is 19.8 Å². The van der Waals surface area contributed by atoms with Crippen molar-refractivity contribution >= 4 is 53.1 Å². The van der Waals surface area contributed by atoms with E-state index in [4.69, 9.17) is 33.7 Å². The molecule has 0 radical (unpaired) electrons. The van der Waals surface area contributed by atoms with Crippen LogP contribution in [0, 0.1) is 0 Å². The van der Waals surface area contributed by atoms with Crippen LogP contribution in [0.25, 0.3) is 0 Å². The van der Waals surface area contributed by atoms with Gasteiger partial charge in [-0.15, -0.1) is 24.0 Å². The van der Waals surface area contributed by atoms with Gasteiger partial charge in [-0.25, -0.2) is 0 Å². The normalized spacial score (nSPS) is 11.1. The molecule has 0 aliphatic rings. The molecule has 4 nitrogen and oxygen atoms in total. The van der Waals surface area contributed by atoms with Gasteiger partial charge in [0.15, 0.2) is 5.96 Å². The second-order valence-electron chi connectivity index (χ2n) is 4.27. The number of guanidine groups is 1. The van der Waals surface area contributed by atoms with E-state index in [-0.39, 0.29) is 24.0 Å². The van der Waals surface area contributed by atoms with Gasteiger partial charge in [-0.3, -0.25) is 4.99 Å². The van der Waals surface area contributed by atoms with Crippen molar-refractivity contribution in [2.24, 2.45) is 10.7 Å². The van der Waals surface area contributed by atoms with Crippen LogP contribution in [0.1, 0.15) is 18.9 Å². The van der Waals surface area contributed by atoms with Crippen LogP contribution >= 0.6 is 47.2 Å². The van der Waals surface area contributed by atoms with E-state index >= 15 is 0 Å². The fraction of sp³-hybridized carbons (Fsp3) is 0.500. The number of nitrogens with zero attached hydrogens (tertiary/aromatic N) is 1. The molecule has 1 aromatic carbocycles. The first-order chi connectivity index (χ1) is 9.61. The van der Waals surface area contributed by atoms with Gasteiger partial charge in [0.1, 0.15) is 0 Å². The lowest BCUT2D eigenvalue weighted by atomic mass is 10.1. The third-order valence-electron chi connectivity index (χ3n) is 2.58. The number of halogens is 3. The van der Waals surface area contributed by atoms with E-state index in [1.807, 2.05) is 19.1 Å².